The van der Waals surface area contributed by atoms with Gasteiger partial charge in [-0.2, -0.15) is 26.3 Å². The summed E-state index contributed by atoms with van der Waals surface area (Å²) in [5.41, 5.74) is -9.84. The SMILES string of the molecule is CCCCP(=O)(C(=O)c1c(OC)cc(OC)cc1OC)C(=O)c1c(C(F)(F)F)cccc1C(F)(F)F. The van der Waals surface area contributed by atoms with Gasteiger partial charge < -0.3 is 18.8 Å². The minimum Gasteiger partial charge on any atom is -0.496 e. The van der Waals surface area contributed by atoms with Gasteiger partial charge in [0.05, 0.1) is 38.0 Å². The lowest BCUT2D eigenvalue weighted by Gasteiger charge is -2.23. The predicted molar refractivity (Wildman–Crippen MR) is 119 cm³/mol. The van der Waals surface area contributed by atoms with E-state index in [0.29, 0.717) is 6.07 Å². The van der Waals surface area contributed by atoms with Crippen LogP contribution in [0.1, 0.15) is 51.6 Å². The van der Waals surface area contributed by atoms with Crippen LogP contribution in [0.25, 0.3) is 0 Å². The van der Waals surface area contributed by atoms with E-state index in [9.17, 15) is 40.5 Å². The number of ether oxygens (including phenoxy) is 3. The summed E-state index contributed by atoms with van der Waals surface area (Å²) >= 11 is 0. The highest BCUT2D eigenvalue weighted by molar-refractivity contribution is 7.95. The van der Waals surface area contributed by atoms with Gasteiger partial charge in [0.25, 0.3) is 0 Å². The van der Waals surface area contributed by atoms with Gasteiger partial charge in [-0.05, 0) is 18.6 Å². The average Bonchev–Trinajstić information content (AvgIpc) is 2.83. The topological polar surface area (TPSA) is 78.9 Å². The van der Waals surface area contributed by atoms with Gasteiger partial charge in [-0.3, -0.25) is 9.59 Å². The first-order chi connectivity index (χ1) is 16.7. The van der Waals surface area contributed by atoms with Crippen LogP contribution in [0.5, 0.6) is 17.2 Å². The summed E-state index contributed by atoms with van der Waals surface area (Å²) in [6, 6.07) is 3.37. The second kappa shape index (κ2) is 10.9. The molecule has 13 heteroatoms. The number of rotatable bonds is 10. The lowest BCUT2D eigenvalue weighted by molar-refractivity contribution is -0.143. The number of hydrogen-bond acceptors (Lipinski definition) is 6. The third-order valence-electron chi connectivity index (χ3n) is 5.30. The van der Waals surface area contributed by atoms with E-state index in [1.54, 1.807) is 6.92 Å². The molecule has 198 valence electrons. The van der Waals surface area contributed by atoms with E-state index in [2.05, 4.69) is 0 Å². The Morgan fingerprint density at radius 3 is 1.61 bits per heavy atom. The van der Waals surface area contributed by atoms with Crippen LogP contribution in [0.3, 0.4) is 0 Å². The minimum absolute atomic E-state index is 0.0922. The molecule has 6 nitrogen and oxygen atoms in total. The van der Waals surface area contributed by atoms with Crippen molar-refractivity contribution in [2.75, 3.05) is 27.5 Å². The van der Waals surface area contributed by atoms with E-state index in [0.717, 1.165) is 14.2 Å². The molecule has 0 saturated carbocycles. The van der Waals surface area contributed by atoms with Crippen molar-refractivity contribution in [2.24, 2.45) is 0 Å². The Morgan fingerprint density at radius 2 is 1.25 bits per heavy atom. The zero-order valence-corrected chi connectivity index (χ0v) is 20.6. The van der Waals surface area contributed by atoms with E-state index in [4.69, 9.17) is 14.2 Å². The average molecular weight is 540 g/mol. The standard InChI is InChI=1S/C23H23F6O6P/c1-5-6-10-36(32,21(31)19-16(34-3)11-13(33-2)12-17(19)35-4)20(30)18-14(22(24,25)26)8-7-9-15(18)23(27,28)29/h7-9,11-12H,5-6,10H2,1-4H3. The molecule has 0 heterocycles. The number of methoxy groups -OCH3 is 3. The first kappa shape index (κ1) is 29.2. The summed E-state index contributed by atoms with van der Waals surface area (Å²) in [6.07, 6.45) is -11.4. The van der Waals surface area contributed by atoms with E-state index in [1.807, 2.05) is 0 Å². The molecule has 2 aromatic carbocycles. The van der Waals surface area contributed by atoms with Crippen LogP contribution in [-0.4, -0.2) is 38.5 Å². The van der Waals surface area contributed by atoms with Crippen LogP contribution >= 0.6 is 7.14 Å². The van der Waals surface area contributed by atoms with Crippen LogP contribution < -0.4 is 14.2 Å². The Kier molecular flexibility index (Phi) is 8.88. The van der Waals surface area contributed by atoms with Gasteiger partial charge >= 0.3 is 12.4 Å². The Bertz CT molecular complexity index is 1130. The quantitative estimate of drug-likeness (QED) is 0.241. The van der Waals surface area contributed by atoms with Crippen molar-refractivity contribution in [2.45, 2.75) is 32.1 Å². The number of hydrogen-bond donors (Lipinski definition) is 0. The molecule has 0 aliphatic rings. The molecule has 0 radical (unpaired) electrons. The lowest BCUT2D eigenvalue weighted by atomic mass is 10.0. The van der Waals surface area contributed by atoms with E-state index < -0.39 is 59.0 Å². The predicted octanol–water partition coefficient (Wildman–Crippen LogP) is 6.89. The van der Waals surface area contributed by atoms with Gasteiger partial charge in [0.1, 0.15) is 22.8 Å². The fourth-order valence-electron chi connectivity index (χ4n) is 3.51. The highest BCUT2D eigenvalue weighted by atomic mass is 31.2. The van der Waals surface area contributed by atoms with Crippen molar-refractivity contribution in [1.29, 1.82) is 0 Å². The van der Waals surface area contributed by atoms with Gasteiger partial charge in [-0.1, -0.05) is 19.4 Å². The van der Waals surface area contributed by atoms with Crippen LogP contribution in [0.15, 0.2) is 30.3 Å². The van der Waals surface area contributed by atoms with E-state index in [-0.39, 0.29) is 42.2 Å². The summed E-state index contributed by atoms with van der Waals surface area (Å²) in [5.74, 6) is -0.460. The summed E-state index contributed by atoms with van der Waals surface area (Å²) in [5, 5.41) is 0. The van der Waals surface area contributed by atoms with Crippen LogP contribution in [0, 0.1) is 0 Å². The zero-order chi connectivity index (χ0) is 27.5. The highest BCUT2D eigenvalue weighted by Crippen LogP contribution is 2.57. The number of unbranched alkanes of at least 4 members (excludes halogenated alkanes) is 1. The summed E-state index contributed by atoms with van der Waals surface area (Å²) in [6.45, 7) is 1.58. The monoisotopic (exact) mass is 540 g/mol. The fourth-order valence-corrected chi connectivity index (χ4v) is 6.04. The Morgan fingerprint density at radius 1 is 0.806 bits per heavy atom. The van der Waals surface area contributed by atoms with Crippen molar-refractivity contribution in [3.8, 4) is 17.2 Å². The molecule has 0 saturated heterocycles. The van der Waals surface area contributed by atoms with Gasteiger partial charge in [0.15, 0.2) is 0 Å². The second-order valence-corrected chi connectivity index (χ2v) is 10.3. The molecule has 0 bridgehead atoms. The zero-order valence-electron chi connectivity index (χ0n) is 19.7. The molecule has 0 spiro atoms. The number of alkyl halides is 6. The van der Waals surface area contributed by atoms with Gasteiger partial charge in [-0.15, -0.1) is 0 Å². The van der Waals surface area contributed by atoms with Crippen molar-refractivity contribution in [3.05, 3.63) is 52.6 Å². The Balaban J connectivity index is 2.91. The molecule has 0 amide bonds. The minimum atomic E-state index is -5.40. The van der Waals surface area contributed by atoms with Crippen LogP contribution in [0.4, 0.5) is 26.3 Å². The Hall–Kier alpha value is -3.01. The summed E-state index contributed by atoms with van der Waals surface area (Å²) in [4.78, 5) is 27.1. The molecule has 0 aliphatic heterocycles. The van der Waals surface area contributed by atoms with Crippen molar-refractivity contribution < 1.29 is 54.7 Å². The largest absolute Gasteiger partial charge is 0.496 e. The number of carbonyl (C=O) groups excluding carboxylic acids is 2. The molecular weight excluding hydrogens is 517 g/mol. The molecule has 0 aromatic heterocycles. The summed E-state index contributed by atoms with van der Waals surface area (Å²) in [7, 11) is -1.63. The van der Waals surface area contributed by atoms with E-state index >= 15 is 0 Å². The summed E-state index contributed by atoms with van der Waals surface area (Å²) < 4.78 is 112. The van der Waals surface area contributed by atoms with Crippen molar-refractivity contribution in [1.82, 2.24) is 0 Å². The normalized spacial score (nSPS) is 13.6. The molecule has 0 aliphatic carbocycles. The molecule has 36 heavy (non-hydrogen) atoms. The van der Waals surface area contributed by atoms with Gasteiger partial charge in [-0.25, -0.2) is 0 Å². The van der Waals surface area contributed by atoms with E-state index in [1.165, 1.54) is 19.2 Å². The molecule has 0 fully saturated rings. The third-order valence-corrected chi connectivity index (χ3v) is 8.01. The van der Waals surface area contributed by atoms with Crippen LogP contribution in [0.2, 0.25) is 0 Å². The maximum absolute atomic E-state index is 14.0. The third kappa shape index (κ3) is 5.69. The number of carbonyl (C=O) groups is 2. The maximum atomic E-state index is 14.0. The molecule has 2 aromatic rings. The molecule has 1 atom stereocenters. The number of halogens is 6. The second-order valence-electron chi connectivity index (χ2n) is 7.56. The van der Waals surface area contributed by atoms with Gasteiger partial charge in [0, 0.05) is 18.3 Å². The first-order valence-electron chi connectivity index (χ1n) is 10.4. The van der Waals surface area contributed by atoms with Crippen molar-refractivity contribution >= 4 is 18.2 Å². The smallest absolute Gasteiger partial charge is 0.417 e. The molecule has 0 N–H and O–H groups in total. The molecule has 1 unspecified atom stereocenters. The highest BCUT2D eigenvalue weighted by Gasteiger charge is 2.50. The fraction of sp³-hybridized carbons (Fsp3) is 0.391. The first-order valence-corrected chi connectivity index (χ1v) is 12.3. The number of benzene rings is 2. The van der Waals surface area contributed by atoms with Crippen molar-refractivity contribution in [3.63, 3.8) is 0 Å². The molecule has 2 rings (SSSR count). The lowest BCUT2D eigenvalue weighted by Crippen LogP contribution is -2.23. The van der Waals surface area contributed by atoms with Crippen LogP contribution in [-0.2, 0) is 16.9 Å². The Labute approximate surface area is 202 Å². The maximum Gasteiger partial charge on any atom is 0.417 e. The van der Waals surface area contributed by atoms with Gasteiger partial charge in [0.2, 0.25) is 18.2 Å². The molecular formula is C23H23F6O6P.